The van der Waals surface area contributed by atoms with Gasteiger partial charge < -0.3 is 11.1 Å². The second-order valence-electron chi connectivity index (χ2n) is 5.62. The molecule has 1 aliphatic carbocycles. The Bertz CT molecular complexity index is 513. The van der Waals surface area contributed by atoms with Gasteiger partial charge in [-0.05, 0) is 30.5 Å². The van der Waals surface area contributed by atoms with Gasteiger partial charge in [-0.3, -0.25) is 9.59 Å². The van der Waals surface area contributed by atoms with Crippen LogP contribution >= 0.6 is 11.6 Å². The van der Waals surface area contributed by atoms with E-state index in [0.717, 1.165) is 31.2 Å². The Labute approximate surface area is 130 Å². The Balaban J connectivity index is 2.08. The summed E-state index contributed by atoms with van der Waals surface area (Å²) in [6.07, 6.45) is 5.31. The summed E-state index contributed by atoms with van der Waals surface area (Å²) < 4.78 is 0. The third kappa shape index (κ3) is 4.74. The third-order valence-electron chi connectivity index (χ3n) is 3.95. The van der Waals surface area contributed by atoms with Crippen molar-refractivity contribution in [1.82, 2.24) is 5.32 Å². The first-order valence-electron chi connectivity index (χ1n) is 7.40. The number of carbonyl (C=O) groups is 2. The van der Waals surface area contributed by atoms with Gasteiger partial charge in [0.1, 0.15) is 0 Å². The van der Waals surface area contributed by atoms with E-state index in [2.05, 4.69) is 5.32 Å². The van der Waals surface area contributed by atoms with Crippen LogP contribution in [0.5, 0.6) is 0 Å². The standard InChI is InChI=1S/C16H21ClN2O2/c17-13-8-4-7-12(9-13)14(10-15(18)20)19-16(21)11-5-2-1-3-6-11/h4,7-9,11,14H,1-3,5-6,10H2,(H2,18,20)(H,19,21)/t14-/m1/s1. The molecule has 114 valence electrons. The number of hydrogen-bond donors (Lipinski definition) is 2. The van der Waals surface area contributed by atoms with E-state index < -0.39 is 11.9 Å². The Kier molecular flexibility index (Phi) is 5.62. The van der Waals surface area contributed by atoms with Crippen molar-refractivity contribution in [3.05, 3.63) is 34.9 Å². The van der Waals surface area contributed by atoms with Crippen molar-refractivity contribution in [2.45, 2.75) is 44.6 Å². The summed E-state index contributed by atoms with van der Waals surface area (Å²) in [5, 5.41) is 3.54. The summed E-state index contributed by atoms with van der Waals surface area (Å²) in [6.45, 7) is 0. The van der Waals surface area contributed by atoms with Crippen LogP contribution in [0.1, 0.15) is 50.1 Å². The average Bonchev–Trinajstić information content (AvgIpc) is 2.47. The van der Waals surface area contributed by atoms with Crippen molar-refractivity contribution in [1.29, 1.82) is 0 Å². The SMILES string of the molecule is NC(=O)C[C@@H](NC(=O)C1CCCCC1)c1cccc(Cl)c1. The first-order valence-corrected chi connectivity index (χ1v) is 7.78. The molecule has 1 aromatic rings. The number of nitrogens with one attached hydrogen (secondary N) is 1. The molecule has 1 aromatic carbocycles. The van der Waals surface area contributed by atoms with E-state index in [9.17, 15) is 9.59 Å². The van der Waals surface area contributed by atoms with Gasteiger partial charge in [0.2, 0.25) is 11.8 Å². The van der Waals surface area contributed by atoms with Gasteiger partial charge in [0.15, 0.2) is 0 Å². The second-order valence-corrected chi connectivity index (χ2v) is 6.06. The van der Waals surface area contributed by atoms with Crippen LogP contribution in [0.15, 0.2) is 24.3 Å². The molecule has 1 saturated carbocycles. The van der Waals surface area contributed by atoms with Crippen LogP contribution < -0.4 is 11.1 Å². The summed E-state index contributed by atoms with van der Waals surface area (Å²) in [6, 6.07) is 6.76. The van der Waals surface area contributed by atoms with E-state index in [1.54, 1.807) is 18.2 Å². The van der Waals surface area contributed by atoms with Crippen LogP contribution in [0.3, 0.4) is 0 Å². The minimum atomic E-state index is -0.441. The normalized spacial score (nSPS) is 17.2. The Morgan fingerprint density at radius 1 is 1.29 bits per heavy atom. The summed E-state index contributed by atoms with van der Waals surface area (Å²) in [7, 11) is 0. The Hall–Kier alpha value is -1.55. The van der Waals surface area contributed by atoms with E-state index in [1.807, 2.05) is 6.07 Å². The van der Waals surface area contributed by atoms with Crippen LogP contribution in [0, 0.1) is 5.92 Å². The molecule has 4 nitrogen and oxygen atoms in total. The highest BCUT2D eigenvalue weighted by Crippen LogP contribution is 2.26. The van der Waals surface area contributed by atoms with Gasteiger partial charge in [-0.1, -0.05) is 43.0 Å². The molecular formula is C16H21ClN2O2. The highest BCUT2D eigenvalue weighted by molar-refractivity contribution is 6.30. The zero-order valence-corrected chi connectivity index (χ0v) is 12.7. The molecule has 5 heteroatoms. The monoisotopic (exact) mass is 308 g/mol. The van der Waals surface area contributed by atoms with Crippen molar-refractivity contribution >= 4 is 23.4 Å². The maximum absolute atomic E-state index is 12.4. The summed E-state index contributed by atoms with van der Waals surface area (Å²) >= 11 is 5.98. The van der Waals surface area contributed by atoms with Crippen LogP contribution in [0.25, 0.3) is 0 Å². The summed E-state index contributed by atoms with van der Waals surface area (Å²) in [5.74, 6) is -0.377. The lowest BCUT2D eigenvalue weighted by Gasteiger charge is -2.24. The van der Waals surface area contributed by atoms with Gasteiger partial charge in [0.05, 0.1) is 12.5 Å². The van der Waals surface area contributed by atoms with Crippen molar-refractivity contribution in [2.24, 2.45) is 11.7 Å². The molecule has 0 aliphatic heterocycles. The highest BCUT2D eigenvalue weighted by Gasteiger charge is 2.24. The van der Waals surface area contributed by atoms with Gasteiger partial charge in [0.25, 0.3) is 0 Å². The molecule has 0 bridgehead atoms. The molecule has 0 spiro atoms. The number of nitrogens with two attached hydrogens (primary N) is 1. The predicted molar refractivity (Wildman–Crippen MR) is 82.7 cm³/mol. The highest BCUT2D eigenvalue weighted by atomic mass is 35.5. The maximum Gasteiger partial charge on any atom is 0.223 e. The minimum absolute atomic E-state index is 0.0147. The van der Waals surface area contributed by atoms with Crippen LogP contribution in [0.2, 0.25) is 5.02 Å². The predicted octanol–water partition coefficient (Wildman–Crippen LogP) is 2.95. The number of amides is 2. The second kappa shape index (κ2) is 7.46. The smallest absolute Gasteiger partial charge is 0.223 e. The average molecular weight is 309 g/mol. The van der Waals surface area contributed by atoms with E-state index in [4.69, 9.17) is 17.3 Å². The number of rotatable bonds is 5. The molecule has 1 fully saturated rings. The van der Waals surface area contributed by atoms with Gasteiger partial charge in [0, 0.05) is 10.9 Å². The first-order chi connectivity index (χ1) is 10.1. The minimum Gasteiger partial charge on any atom is -0.370 e. The summed E-state index contributed by atoms with van der Waals surface area (Å²) in [4.78, 5) is 23.6. The molecule has 2 amide bonds. The van der Waals surface area contributed by atoms with Crippen LogP contribution in [-0.2, 0) is 9.59 Å². The van der Waals surface area contributed by atoms with Gasteiger partial charge in [-0.25, -0.2) is 0 Å². The molecule has 3 N–H and O–H groups in total. The zero-order chi connectivity index (χ0) is 15.2. The van der Waals surface area contributed by atoms with Crippen molar-refractivity contribution in [3.8, 4) is 0 Å². The molecule has 0 unspecified atom stereocenters. The molecule has 0 radical (unpaired) electrons. The largest absolute Gasteiger partial charge is 0.370 e. The van der Waals surface area contributed by atoms with Crippen molar-refractivity contribution in [3.63, 3.8) is 0 Å². The fraction of sp³-hybridized carbons (Fsp3) is 0.500. The lowest BCUT2D eigenvalue weighted by atomic mass is 9.88. The van der Waals surface area contributed by atoms with E-state index in [0.29, 0.717) is 5.02 Å². The van der Waals surface area contributed by atoms with E-state index in [1.165, 1.54) is 6.42 Å². The molecule has 0 heterocycles. The molecule has 21 heavy (non-hydrogen) atoms. The van der Waals surface area contributed by atoms with Gasteiger partial charge >= 0.3 is 0 Å². The van der Waals surface area contributed by atoms with Crippen molar-refractivity contribution in [2.75, 3.05) is 0 Å². The number of primary amides is 1. The number of hydrogen-bond acceptors (Lipinski definition) is 2. The van der Waals surface area contributed by atoms with Crippen LogP contribution in [0.4, 0.5) is 0 Å². The van der Waals surface area contributed by atoms with Crippen molar-refractivity contribution < 1.29 is 9.59 Å². The van der Waals surface area contributed by atoms with E-state index >= 15 is 0 Å². The van der Waals surface area contributed by atoms with Gasteiger partial charge in [-0.15, -0.1) is 0 Å². The quantitative estimate of drug-likeness (QED) is 0.877. The molecule has 2 rings (SSSR count). The maximum atomic E-state index is 12.4. The molecule has 1 atom stereocenters. The molecular weight excluding hydrogens is 288 g/mol. The number of carbonyl (C=O) groups excluding carboxylic acids is 2. The van der Waals surface area contributed by atoms with Gasteiger partial charge in [-0.2, -0.15) is 0 Å². The number of halogens is 1. The Morgan fingerprint density at radius 2 is 2.00 bits per heavy atom. The molecule has 0 aromatic heterocycles. The molecule has 0 saturated heterocycles. The Morgan fingerprint density at radius 3 is 2.62 bits per heavy atom. The summed E-state index contributed by atoms with van der Waals surface area (Å²) in [5.41, 5.74) is 6.11. The third-order valence-corrected chi connectivity index (χ3v) is 4.18. The topological polar surface area (TPSA) is 72.2 Å². The lowest BCUT2D eigenvalue weighted by Crippen LogP contribution is -2.36. The zero-order valence-electron chi connectivity index (χ0n) is 12.0. The fourth-order valence-corrected chi connectivity index (χ4v) is 3.03. The lowest BCUT2D eigenvalue weighted by molar-refractivity contribution is -0.127. The molecule has 1 aliphatic rings. The first kappa shape index (κ1) is 15.8. The van der Waals surface area contributed by atoms with E-state index in [-0.39, 0.29) is 18.2 Å². The number of benzene rings is 1. The fourth-order valence-electron chi connectivity index (χ4n) is 2.83. The van der Waals surface area contributed by atoms with Crippen LogP contribution in [-0.4, -0.2) is 11.8 Å².